The molecule has 0 aliphatic rings. The number of hydrogen-bond donors (Lipinski definition) is 1. The number of esters is 2. The molecule has 0 spiro atoms. The summed E-state index contributed by atoms with van der Waals surface area (Å²) >= 11 is 0. The van der Waals surface area contributed by atoms with E-state index in [-0.39, 0.29) is 17.9 Å². The van der Waals surface area contributed by atoms with Crippen LogP contribution in [0, 0.1) is 25.2 Å². The minimum absolute atomic E-state index is 0.187. The van der Waals surface area contributed by atoms with Crippen molar-refractivity contribution in [2.75, 3.05) is 13.2 Å². The molecule has 7 nitrogen and oxygen atoms in total. The molecule has 2 rings (SSSR count). The summed E-state index contributed by atoms with van der Waals surface area (Å²) in [5.41, 5.74) is 1.97. The highest BCUT2D eigenvalue weighted by Crippen LogP contribution is 2.20. The first kappa shape index (κ1) is 18.9. The van der Waals surface area contributed by atoms with Crippen LogP contribution in [0.3, 0.4) is 0 Å². The maximum atomic E-state index is 12.4. The standard InChI is InChI=1S/C19H18N2O5/c1-4-25-19(24)17-11(2)16(12(3)21-17)15(22)10-26-18(23)14-7-5-6-13(8-14)9-20/h5-8,21H,4,10H2,1-3H3. The number of aromatic nitrogens is 1. The topological polar surface area (TPSA) is 109 Å². The second-order valence-corrected chi connectivity index (χ2v) is 5.54. The van der Waals surface area contributed by atoms with Gasteiger partial charge in [-0.05, 0) is 44.5 Å². The molecule has 0 bridgehead atoms. The molecule has 2 aromatic rings. The average molecular weight is 354 g/mol. The molecular formula is C19H18N2O5. The largest absolute Gasteiger partial charge is 0.461 e. The van der Waals surface area contributed by atoms with Gasteiger partial charge in [0.15, 0.2) is 6.61 Å². The van der Waals surface area contributed by atoms with Crippen molar-refractivity contribution in [2.45, 2.75) is 20.8 Å². The Kier molecular flexibility index (Phi) is 5.91. The van der Waals surface area contributed by atoms with E-state index in [2.05, 4.69) is 4.98 Å². The van der Waals surface area contributed by atoms with Gasteiger partial charge in [0.25, 0.3) is 0 Å². The zero-order valence-corrected chi connectivity index (χ0v) is 14.7. The van der Waals surface area contributed by atoms with E-state index in [0.717, 1.165) is 0 Å². The molecular weight excluding hydrogens is 336 g/mol. The van der Waals surface area contributed by atoms with Crippen LogP contribution in [-0.2, 0) is 9.47 Å². The molecule has 7 heteroatoms. The van der Waals surface area contributed by atoms with Crippen molar-refractivity contribution >= 4 is 17.7 Å². The average Bonchev–Trinajstić information content (AvgIpc) is 2.94. The minimum atomic E-state index is -0.702. The zero-order chi connectivity index (χ0) is 19.3. The molecule has 0 amide bonds. The molecule has 1 aromatic heterocycles. The Morgan fingerprint density at radius 3 is 2.54 bits per heavy atom. The Morgan fingerprint density at radius 2 is 1.88 bits per heavy atom. The lowest BCUT2D eigenvalue weighted by molar-refractivity contribution is 0.0473. The summed E-state index contributed by atoms with van der Waals surface area (Å²) in [6, 6.07) is 7.94. The van der Waals surface area contributed by atoms with Gasteiger partial charge in [-0.2, -0.15) is 5.26 Å². The lowest BCUT2D eigenvalue weighted by Gasteiger charge is -2.06. The number of Topliss-reactive ketones (excluding diaryl/α,β-unsaturated/α-hetero) is 1. The Labute approximate surface area is 150 Å². The lowest BCUT2D eigenvalue weighted by atomic mass is 10.1. The van der Waals surface area contributed by atoms with Gasteiger partial charge in [-0.15, -0.1) is 0 Å². The van der Waals surface area contributed by atoms with E-state index in [0.29, 0.717) is 22.4 Å². The maximum Gasteiger partial charge on any atom is 0.355 e. The molecule has 0 saturated carbocycles. The molecule has 0 saturated heterocycles. The summed E-state index contributed by atoms with van der Waals surface area (Å²) in [4.78, 5) is 39.2. The lowest BCUT2D eigenvalue weighted by Crippen LogP contribution is -2.15. The van der Waals surface area contributed by atoms with Crippen molar-refractivity contribution in [2.24, 2.45) is 0 Å². The fraction of sp³-hybridized carbons (Fsp3) is 0.263. The van der Waals surface area contributed by atoms with Crippen molar-refractivity contribution in [3.05, 3.63) is 57.9 Å². The molecule has 0 atom stereocenters. The minimum Gasteiger partial charge on any atom is -0.461 e. The number of H-pyrrole nitrogens is 1. The summed E-state index contributed by atoms with van der Waals surface area (Å²) in [6.45, 7) is 4.72. The van der Waals surface area contributed by atoms with Crippen LogP contribution in [0.5, 0.6) is 0 Å². The fourth-order valence-electron chi connectivity index (χ4n) is 2.58. The first-order chi connectivity index (χ1) is 12.4. The van der Waals surface area contributed by atoms with Gasteiger partial charge in [0.2, 0.25) is 5.78 Å². The molecule has 0 radical (unpaired) electrons. The molecule has 134 valence electrons. The smallest absolute Gasteiger partial charge is 0.355 e. The molecule has 0 fully saturated rings. The molecule has 26 heavy (non-hydrogen) atoms. The summed E-state index contributed by atoms with van der Waals surface area (Å²) in [5.74, 6) is -1.68. The fourth-order valence-corrected chi connectivity index (χ4v) is 2.58. The van der Waals surface area contributed by atoms with Crippen LogP contribution in [-0.4, -0.2) is 35.9 Å². The molecule has 1 heterocycles. The van der Waals surface area contributed by atoms with E-state index in [1.165, 1.54) is 12.1 Å². The van der Waals surface area contributed by atoms with Gasteiger partial charge in [0.05, 0.1) is 23.8 Å². The Balaban J connectivity index is 2.12. The number of aryl methyl sites for hydroxylation is 1. The third-order valence-corrected chi connectivity index (χ3v) is 3.76. The Morgan fingerprint density at radius 1 is 1.15 bits per heavy atom. The number of carbonyl (C=O) groups excluding carboxylic acids is 3. The number of nitrogens with zero attached hydrogens (tertiary/aromatic N) is 1. The number of ether oxygens (including phenoxy) is 2. The predicted octanol–water partition coefficient (Wildman–Crippen LogP) is 2.72. The van der Waals surface area contributed by atoms with Crippen LogP contribution >= 0.6 is 0 Å². The molecule has 1 aromatic carbocycles. The highest BCUT2D eigenvalue weighted by Gasteiger charge is 2.23. The number of rotatable bonds is 6. The summed E-state index contributed by atoms with van der Waals surface area (Å²) in [5, 5.41) is 8.86. The Hall–Kier alpha value is -3.40. The van der Waals surface area contributed by atoms with Gasteiger partial charge in [-0.25, -0.2) is 9.59 Å². The number of carbonyl (C=O) groups is 3. The number of nitrogens with one attached hydrogen (secondary N) is 1. The summed E-state index contributed by atoms with van der Waals surface area (Å²) in [6.07, 6.45) is 0. The van der Waals surface area contributed by atoms with Crippen LogP contribution in [0.2, 0.25) is 0 Å². The monoisotopic (exact) mass is 354 g/mol. The highest BCUT2D eigenvalue weighted by atomic mass is 16.5. The normalized spacial score (nSPS) is 10.1. The van der Waals surface area contributed by atoms with Crippen LogP contribution in [0.25, 0.3) is 0 Å². The van der Waals surface area contributed by atoms with E-state index in [9.17, 15) is 14.4 Å². The van der Waals surface area contributed by atoms with Crippen LogP contribution < -0.4 is 0 Å². The van der Waals surface area contributed by atoms with E-state index >= 15 is 0 Å². The number of hydrogen-bond acceptors (Lipinski definition) is 6. The Bertz CT molecular complexity index is 905. The predicted molar refractivity (Wildman–Crippen MR) is 92.0 cm³/mol. The first-order valence-corrected chi connectivity index (χ1v) is 7.95. The van der Waals surface area contributed by atoms with Crippen molar-refractivity contribution < 1.29 is 23.9 Å². The van der Waals surface area contributed by atoms with Crippen LogP contribution in [0.15, 0.2) is 24.3 Å². The van der Waals surface area contributed by atoms with Crippen molar-refractivity contribution in [3.63, 3.8) is 0 Å². The van der Waals surface area contributed by atoms with Gasteiger partial charge in [0.1, 0.15) is 5.69 Å². The van der Waals surface area contributed by atoms with Gasteiger partial charge in [-0.1, -0.05) is 6.07 Å². The SMILES string of the molecule is CCOC(=O)c1[nH]c(C)c(C(=O)COC(=O)c2cccc(C#N)c2)c1C. The van der Waals surface area contributed by atoms with E-state index in [4.69, 9.17) is 14.7 Å². The number of ketones is 1. The van der Waals surface area contributed by atoms with Crippen molar-refractivity contribution in [1.29, 1.82) is 5.26 Å². The maximum absolute atomic E-state index is 12.4. The van der Waals surface area contributed by atoms with Crippen molar-refractivity contribution in [1.82, 2.24) is 4.98 Å². The summed E-state index contributed by atoms with van der Waals surface area (Å²) < 4.78 is 9.98. The second kappa shape index (κ2) is 8.12. The van der Waals surface area contributed by atoms with Crippen LogP contribution in [0.4, 0.5) is 0 Å². The first-order valence-electron chi connectivity index (χ1n) is 7.95. The number of nitriles is 1. The molecule has 0 unspecified atom stereocenters. The van der Waals surface area contributed by atoms with Gasteiger partial charge >= 0.3 is 11.9 Å². The quantitative estimate of drug-likeness (QED) is 0.631. The van der Waals surface area contributed by atoms with E-state index in [1.807, 2.05) is 6.07 Å². The zero-order valence-electron chi connectivity index (χ0n) is 14.7. The van der Waals surface area contributed by atoms with Gasteiger partial charge < -0.3 is 14.5 Å². The molecule has 0 aliphatic heterocycles. The summed E-state index contributed by atoms with van der Waals surface area (Å²) in [7, 11) is 0. The third-order valence-electron chi connectivity index (χ3n) is 3.76. The second-order valence-electron chi connectivity index (χ2n) is 5.54. The number of aromatic amines is 1. The number of benzene rings is 1. The van der Waals surface area contributed by atoms with E-state index in [1.54, 1.807) is 32.9 Å². The third kappa shape index (κ3) is 3.98. The van der Waals surface area contributed by atoms with Crippen molar-refractivity contribution in [3.8, 4) is 6.07 Å². The highest BCUT2D eigenvalue weighted by molar-refractivity contribution is 6.04. The van der Waals surface area contributed by atoms with Crippen LogP contribution in [0.1, 0.15) is 54.9 Å². The van der Waals surface area contributed by atoms with Gasteiger partial charge in [-0.3, -0.25) is 4.79 Å². The molecule has 0 aliphatic carbocycles. The van der Waals surface area contributed by atoms with Gasteiger partial charge in [0, 0.05) is 11.3 Å². The molecule has 1 N–H and O–H groups in total. The van der Waals surface area contributed by atoms with E-state index < -0.39 is 24.3 Å².